The van der Waals surface area contributed by atoms with Crippen LogP contribution in [0.5, 0.6) is 0 Å². The summed E-state index contributed by atoms with van der Waals surface area (Å²) in [5.41, 5.74) is 2.10. The number of hydrogen-bond donors (Lipinski definition) is 1. The lowest BCUT2D eigenvalue weighted by Gasteiger charge is -2.44. The monoisotopic (exact) mass is 486 g/mol. The van der Waals surface area contributed by atoms with Crippen molar-refractivity contribution < 1.29 is 19.1 Å². The first-order valence-corrected chi connectivity index (χ1v) is 12.8. The predicted octanol–water partition coefficient (Wildman–Crippen LogP) is 1.00. The van der Waals surface area contributed by atoms with Crippen molar-refractivity contribution in [1.82, 2.24) is 23.9 Å². The van der Waals surface area contributed by atoms with Crippen molar-refractivity contribution in [2.75, 3.05) is 64.1 Å². The lowest BCUT2D eigenvalue weighted by atomic mass is 10.1. The second-order valence-corrected chi connectivity index (χ2v) is 10.6. The van der Waals surface area contributed by atoms with Crippen LogP contribution in [0.4, 0.5) is 5.69 Å². The molecule has 3 aliphatic heterocycles. The minimum Gasteiger partial charge on any atom is -0.378 e. The summed E-state index contributed by atoms with van der Waals surface area (Å²) in [6.45, 7) is 7.29. The van der Waals surface area contributed by atoms with Gasteiger partial charge >= 0.3 is 0 Å². The molecular formula is C23H30N6O4S. The third-order valence-electron chi connectivity index (χ3n) is 7.18. The van der Waals surface area contributed by atoms with Crippen molar-refractivity contribution in [3.8, 4) is 0 Å². The predicted molar refractivity (Wildman–Crippen MR) is 127 cm³/mol. The lowest BCUT2D eigenvalue weighted by molar-refractivity contribution is -0.148. The van der Waals surface area contributed by atoms with Crippen LogP contribution in [0.2, 0.25) is 0 Å². The van der Waals surface area contributed by atoms with E-state index in [1.807, 2.05) is 20.4 Å². The van der Waals surface area contributed by atoms with Crippen molar-refractivity contribution in [3.63, 3.8) is 0 Å². The molecule has 0 spiro atoms. The highest BCUT2D eigenvalue weighted by atomic mass is 32.2. The Morgan fingerprint density at radius 3 is 2.82 bits per heavy atom. The summed E-state index contributed by atoms with van der Waals surface area (Å²) in [6, 6.07) is 2.21. The first-order valence-electron chi connectivity index (χ1n) is 12.0. The van der Waals surface area contributed by atoms with Crippen LogP contribution in [0.1, 0.15) is 30.4 Å². The number of carbonyl (C=O) groups excluding carboxylic acids is 2. The fourth-order valence-corrected chi connectivity index (χ4v) is 5.71. The molecule has 10 nitrogen and oxygen atoms in total. The van der Waals surface area contributed by atoms with E-state index in [0.29, 0.717) is 51.8 Å². The molecule has 5 heterocycles. The van der Waals surface area contributed by atoms with Crippen molar-refractivity contribution >= 4 is 35.0 Å². The average Bonchev–Trinajstić information content (AvgIpc) is 3.45. The Bertz CT molecular complexity index is 1110. The standard InChI is InChI=1S/C23H30N6O4S/c1-23(2-3-23)25-34-17-10-18(27-4-5-28-16(12-27)14-33-15-20(28)30)19-11-24-21(29(19)13-17)22(31)26-6-8-32-9-7-26/h10-11,13,16,25H,2-9,12,14-15H2,1H3. The molecule has 2 amide bonds. The number of ether oxygens (including phenoxy) is 2. The van der Waals surface area contributed by atoms with Gasteiger partial charge in [0.25, 0.3) is 5.91 Å². The maximum absolute atomic E-state index is 13.3. The fourth-order valence-electron chi connectivity index (χ4n) is 4.81. The number of imidazole rings is 1. The molecule has 11 heteroatoms. The molecule has 1 unspecified atom stereocenters. The van der Waals surface area contributed by atoms with Crippen LogP contribution >= 0.6 is 11.9 Å². The van der Waals surface area contributed by atoms with Crippen LogP contribution in [-0.4, -0.2) is 102 Å². The Kier molecular flexibility index (Phi) is 5.67. The van der Waals surface area contributed by atoms with E-state index in [-0.39, 0.29) is 30.0 Å². The number of hydrogen-bond acceptors (Lipinski definition) is 8. The first kappa shape index (κ1) is 22.1. The number of amides is 2. The average molecular weight is 487 g/mol. The Labute approximate surface area is 202 Å². The van der Waals surface area contributed by atoms with Crippen LogP contribution in [0.25, 0.3) is 5.52 Å². The summed E-state index contributed by atoms with van der Waals surface area (Å²) in [7, 11) is 0. The van der Waals surface area contributed by atoms with Gasteiger partial charge in [-0.1, -0.05) is 0 Å². The third kappa shape index (κ3) is 4.15. The molecule has 1 aliphatic carbocycles. The molecule has 3 saturated heterocycles. The SMILES string of the molecule is CC1(NSc2cc(N3CCN4C(=O)COCC4C3)c3cnc(C(=O)N4CCOCC4)n3c2)CC1. The molecular weight excluding hydrogens is 456 g/mol. The molecule has 1 saturated carbocycles. The minimum atomic E-state index is -0.0744. The largest absolute Gasteiger partial charge is 0.378 e. The maximum Gasteiger partial charge on any atom is 0.290 e. The molecule has 2 aromatic heterocycles. The highest BCUT2D eigenvalue weighted by Crippen LogP contribution is 2.38. The maximum atomic E-state index is 13.3. The van der Waals surface area contributed by atoms with Gasteiger partial charge in [0.2, 0.25) is 11.7 Å². The highest BCUT2D eigenvalue weighted by molar-refractivity contribution is 7.97. The Balaban J connectivity index is 1.34. The van der Waals surface area contributed by atoms with Gasteiger partial charge in [-0.25, -0.2) is 4.98 Å². The van der Waals surface area contributed by atoms with Gasteiger partial charge in [-0.3, -0.25) is 18.7 Å². The van der Waals surface area contributed by atoms with Crippen LogP contribution < -0.4 is 9.62 Å². The number of anilines is 1. The van der Waals surface area contributed by atoms with Crippen molar-refractivity contribution in [3.05, 3.63) is 24.3 Å². The molecule has 0 radical (unpaired) electrons. The Morgan fingerprint density at radius 2 is 2.03 bits per heavy atom. The van der Waals surface area contributed by atoms with E-state index in [1.54, 1.807) is 18.1 Å². The van der Waals surface area contributed by atoms with E-state index in [2.05, 4.69) is 27.6 Å². The molecule has 2 aromatic rings. The zero-order valence-corrected chi connectivity index (χ0v) is 20.2. The topological polar surface area (TPSA) is 91.7 Å². The van der Waals surface area contributed by atoms with Gasteiger partial charge in [0, 0.05) is 49.4 Å². The molecule has 34 heavy (non-hydrogen) atoms. The molecule has 182 valence electrons. The van der Waals surface area contributed by atoms with Crippen LogP contribution in [0.15, 0.2) is 23.4 Å². The number of rotatable bonds is 5. The van der Waals surface area contributed by atoms with Gasteiger partial charge in [0.15, 0.2) is 0 Å². The van der Waals surface area contributed by atoms with Gasteiger partial charge < -0.3 is 24.2 Å². The smallest absolute Gasteiger partial charge is 0.290 e. The summed E-state index contributed by atoms with van der Waals surface area (Å²) in [4.78, 5) is 37.2. The van der Waals surface area contributed by atoms with E-state index >= 15 is 0 Å². The highest BCUT2D eigenvalue weighted by Gasteiger charge is 2.38. The fraction of sp³-hybridized carbons (Fsp3) is 0.609. The summed E-state index contributed by atoms with van der Waals surface area (Å²) in [6.07, 6.45) is 6.13. The number of morpholine rings is 2. The molecule has 4 fully saturated rings. The van der Waals surface area contributed by atoms with E-state index in [1.165, 1.54) is 12.8 Å². The summed E-state index contributed by atoms with van der Waals surface area (Å²) >= 11 is 1.61. The third-order valence-corrected chi connectivity index (χ3v) is 8.23. The lowest BCUT2D eigenvalue weighted by Crippen LogP contribution is -2.60. The molecule has 1 N–H and O–H groups in total. The number of fused-ring (bicyclic) bond motifs is 2. The molecule has 0 aromatic carbocycles. The number of nitrogens with one attached hydrogen (secondary N) is 1. The number of nitrogens with zero attached hydrogens (tertiary/aromatic N) is 5. The molecule has 6 rings (SSSR count). The number of pyridine rings is 1. The van der Waals surface area contributed by atoms with Gasteiger partial charge in [0.05, 0.1) is 43.3 Å². The van der Waals surface area contributed by atoms with Crippen molar-refractivity contribution in [1.29, 1.82) is 0 Å². The van der Waals surface area contributed by atoms with Crippen molar-refractivity contribution in [2.24, 2.45) is 0 Å². The minimum absolute atomic E-state index is 0.0345. The van der Waals surface area contributed by atoms with Crippen molar-refractivity contribution in [2.45, 2.75) is 36.2 Å². The van der Waals surface area contributed by atoms with Crippen LogP contribution in [-0.2, 0) is 14.3 Å². The number of aromatic nitrogens is 2. The van der Waals surface area contributed by atoms with E-state index in [9.17, 15) is 9.59 Å². The summed E-state index contributed by atoms with van der Waals surface area (Å²) < 4.78 is 16.4. The van der Waals surface area contributed by atoms with Gasteiger partial charge in [-0.05, 0) is 37.8 Å². The van der Waals surface area contributed by atoms with E-state index in [4.69, 9.17) is 9.47 Å². The normalized spacial score (nSPS) is 24.4. The zero-order valence-electron chi connectivity index (χ0n) is 19.4. The van der Waals surface area contributed by atoms with Gasteiger partial charge in [-0.2, -0.15) is 0 Å². The zero-order chi connectivity index (χ0) is 23.3. The summed E-state index contributed by atoms with van der Waals surface area (Å²) in [5, 5.41) is 0. The number of carbonyl (C=O) groups is 2. The van der Waals surface area contributed by atoms with E-state index in [0.717, 1.165) is 22.6 Å². The van der Waals surface area contributed by atoms with Crippen LogP contribution in [0, 0.1) is 0 Å². The Morgan fingerprint density at radius 1 is 1.21 bits per heavy atom. The van der Waals surface area contributed by atoms with Gasteiger partial charge in [-0.15, -0.1) is 0 Å². The summed E-state index contributed by atoms with van der Waals surface area (Å²) in [5.74, 6) is 0.414. The molecule has 4 aliphatic rings. The quantitative estimate of drug-likeness (QED) is 0.626. The van der Waals surface area contributed by atoms with Crippen LogP contribution in [0.3, 0.4) is 0 Å². The Hall–Kier alpha value is -2.34. The second-order valence-electron chi connectivity index (χ2n) is 9.77. The molecule has 0 bridgehead atoms. The number of piperazine rings is 1. The second kappa shape index (κ2) is 8.71. The van der Waals surface area contributed by atoms with E-state index < -0.39 is 0 Å². The van der Waals surface area contributed by atoms with Gasteiger partial charge in [0.1, 0.15) is 6.61 Å². The molecule has 1 atom stereocenters. The first-order chi connectivity index (χ1) is 16.5.